The van der Waals surface area contributed by atoms with Crippen LogP contribution in [0, 0.1) is 18.3 Å². The molecule has 1 heterocycles. The fourth-order valence-corrected chi connectivity index (χ4v) is 2.36. The second kappa shape index (κ2) is 5.10. The Labute approximate surface area is 123 Å². The minimum atomic E-state index is -0.410. The first-order valence-corrected chi connectivity index (χ1v) is 6.72. The van der Waals surface area contributed by atoms with Crippen molar-refractivity contribution in [2.24, 2.45) is 0 Å². The predicted molar refractivity (Wildman–Crippen MR) is 82.3 cm³/mol. The lowest BCUT2D eigenvalue weighted by Crippen LogP contribution is -2.13. The Balaban J connectivity index is 2.68. The number of aryl methyl sites for hydroxylation is 1. The van der Waals surface area contributed by atoms with E-state index in [1.807, 2.05) is 39.0 Å². The minimum absolute atomic E-state index is 0.0588. The van der Waals surface area contributed by atoms with E-state index in [4.69, 9.17) is 0 Å². The van der Waals surface area contributed by atoms with Gasteiger partial charge in [0.2, 0.25) is 0 Å². The fraction of sp³-hybridized carbons (Fsp3) is 0.294. The molecule has 0 unspecified atom stereocenters. The Bertz CT molecular complexity index is 790. The Morgan fingerprint density at radius 2 is 1.90 bits per heavy atom. The van der Waals surface area contributed by atoms with Gasteiger partial charge in [0.1, 0.15) is 17.4 Å². The van der Waals surface area contributed by atoms with Gasteiger partial charge >= 0.3 is 0 Å². The monoisotopic (exact) mass is 282 g/mol. The number of nitrogens with one attached hydrogen (secondary N) is 1. The van der Waals surface area contributed by atoms with Crippen molar-refractivity contribution in [3.05, 3.63) is 51.4 Å². The Hall–Kier alpha value is -2.54. The maximum absolute atomic E-state index is 11.8. The van der Waals surface area contributed by atoms with Crippen molar-refractivity contribution in [1.29, 1.82) is 5.26 Å². The summed E-state index contributed by atoms with van der Waals surface area (Å²) in [6.07, 6.45) is 0. The third-order valence-electron chi connectivity index (χ3n) is 3.40. The number of H-pyrrole nitrogens is 1. The largest absolute Gasteiger partial charge is 0.508 e. The van der Waals surface area contributed by atoms with E-state index in [1.165, 1.54) is 0 Å². The van der Waals surface area contributed by atoms with Gasteiger partial charge in [0, 0.05) is 11.3 Å². The number of aromatic nitrogens is 1. The highest BCUT2D eigenvalue weighted by atomic mass is 16.3. The number of hydrogen-bond donors (Lipinski definition) is 2. The average Bonchev–Trinajstić information content (AvgIpc) is 2.36. The molecule has 0 amide bonds. The van der Waals surface area contributed by atoms with Gasteiger partial charge in [0.25, 0.3) is 5.56 Å². The predicted octanol–water partition coefficient (Wildman–Crippen LogP) is 3.23. The molecule has 0 bridgehead atoms. The molecule has 2 N–H and O–H groups in total. The number of nitrogens with zero attached hydrogens (tertiary/aromatic N) is 1. The molecule has 0 radical (unpaired) electrons. The summed E-state index contributed by atoms with van der Waals surface area (Å²) in [6, 6.07) is 8.94. The lowest BCUT2D eigenvalue weighted by molar-refractivity contribution is 0.447. The Morgan fingerprint density at radius 1 is 1.24 bits per heavy atom. The van der Waals surface area contributed by atoms with Gasteiger partial charge in [-0.05, 0) is 35.6 Å². The zero-order chi connectivity index (χ0) is 15.8. The first-order valence-electron chi connectivity index (χ1n) is 6.72. The van der Waals surface area contributed by atoms with Gasteiger partial charge in [0.05, 0.1) is 0 Å². The molecule has 2 rings (SSSR count). The summed E-state index contributed by atoms with van der Waals surface area (Å²) in [4.78, 5) is 14.4. The molecular formula is C17H18N2O2. The Morgan fingerprint density at radius 3 is 2.43 bits per heavy atom. The summed E-state index contributed by atoms with van der Waals surface area (Å²) in [5.74, 6) is 0.168. The summed E-state index contributed by atoms with van der Waals surface area (Å²) < 4.78 is 0. The molecule has 21 heavy (non-hydrogen) atoms. The molecule has 0 aliphatic heterocycles. The molecule has 0 aliphatic rings. The van der Waals surface area contributed by atoms with Crippen LogP contribution in [0.3, 0.4) is 0 Å². The summed E-state index contributed by atoms with van der Waals surface area (Å²) in [7, 11) is 0. The van der Waals surface area contributed by atoms with Crippen molar-refractivity contribution in [1.82, 2.24) is 4.98 Å². The highest BCUT2D eigenvalue weighted by Gasteiger charge is 2.19. The normalized spacial score (nSPS) is 11.2. The van der Waals surface area contributed by atoms with Crippen LogP contribution in [0.1, 0.15) is 37.6 Å². The highest BCUT2D eigenvalue weighted by molar-refractivity contribution is 5.72. The molecule has 0 aliphatic carbocycles. The van der Waals surface area contributed by atoms with E-state index in [-0.39, 0.29) is 16.7 Å². The van der Waals surface area contributed by atoms with E-state index in [9.17, 15) is 15.2 Å². The zero-order valence-electron chi connectivity index (χ0n) is 12.6. The third-order valence-corrected chi connectivity index (χ3v) is 3.40. The number of rotatable bonds is 1. The summed E-state index contributed by atoms with van der Waals surface area (Å²) in [6.45, 7) is 7.80. The van der Waals surface area contributed by atoms with E-state index >= 15 is 0 Å². The van der Waals surface area contributed by atoms with Crippen LogP contribution in [0.4, 0.5) is 0 Å². The first kappa shape index (κ1) is 14.9. The maximum atomic E-state index is 11.8. The molecule has 108 valence electrons. The number of benzene rings is 1. The number of aromatic hydroxyl groups is 1. The molecule has 0 atom stereocenters. The average molecular weight is 282 g/mol. The van der Waals surface area contributed by atoms with Crippen LogP contribution >= 0.6 is 0 Å². The molecular weight excluding hydrogens is 264 g/mol. The molecule has 4 heteroatoms. The summed E-state index contributed by atoms with van der Waals surface area (Å²) in [5, 5.41) is 19.4. The SMILES string of the molecule is Cc1cc(-c2ccc(C(C)(C)C)c(O)c2)c(C#N)c(=O)[nH]1. The van der Waals surface area contributed by atoms with Crippen LogP contribution < -0.4 is 5.56 Å². The second-order valence-corrected chi connectivity index (χ2v) is 6.16. The van der Waals surface area contributed by atoms with E-state index in [2.05, 4.69) is 4.98 Å². The summed E-state index contributed by atoms with van der Waals surface area (Å²) >= 11 is 0. The quantitative estimate of drug-likeness (QED) is 0.843. The molecule has 0 saturated carbocycles. The number of nitriles is 1. The standard InChI is InChI=1S/C17H18N2O2/c1-10-7-12(13(9-18)16(21)19-10)11-5-6-14(15(20)8-11)17(2,3)4/h5-8,20H,1-4H3,(H,19,21). The van der Waals surface area contributed by atoms with Crippen LogP contribution in [0.15, 0.2) is 29.1 Å². The van der Waals surface area contributed by atoms with Gasteiger partial charge in [-0.25, -0.2) is 0 Å². The minimum Gasteiger partial charge on any atom is -0.508 e. The molecule has 2 aromatic rings. The van der Waals surface area contributed by atoms with Crippen molar-refractivity contribution in [2.45, 2.75) is 33.1 Å². The molecule has 1 aromatic carbocycles. The van der Waals surface area contributed by atoms with Gasteiger partial charge in [-0.15, -0.1) is 0 Å². The fourth-order valence-electron chi connectivity index (χ4n) is 2.36. The second-order valence-electron chi connectivity index (χ2n) is 6.16. The van der Waals surface area contributed by atoms with E-state index in [0.29, 0.717) is 16.8 Å². The van der Waals surface area contributed by atoms with Crippen LogP contribution in [0.5, 0.6) is 5.75 Å². The van der Waals surface area contributed by atoms with Crippen molar-refractivity contribution >= 4 is 0 Å². The van der Waals surface area contributed by atoms with Gasteiger partial charge < -0.3 is 10.1 Å². The number of hydrogen-bond acceptors (Lipinski definition) is 3. The number of phenolic OH excluding ortho intramolecular Hbond substituents is 1. The number of phenols is 1. The van der Waals surface area contributed by atoms with Crippen molar-refractivity contribution in [2.75, 3.05) is 0 Å². The van der Waals surface area contributed by atoms with Crippen molar-refractivity contribution in [3.8, 4) is 22.9 Å². The van der Waals surface area contributed by atoms with Gasteiger partial charge in [0.15, 0.2) is 0 Å². The van der Waals surface area contributed by atoms with Crippen LogP contribution in [0.25, 0.3) is 11.1 Å². The van der Waals surface area contributed by atoms with Gasteiger partial charge in [-0.2, -0.15) is 5.26 Å². The molecule has 1 aromatic heterocycles. The van der Waals surface area contributed by atoms with Gasteiger partial charge in [-0.3, -0.25) is 4.79 Å². The Kier molecular flexibility index (Phi) is 3.61. The lowest BCUT2D eigenvalue weighted by atomic mass is 9.85. The van der Waals surface area contributed by atoms with Crippen molar-refractivity contribution < 1.29 is 5.11 Å². The van der Waals surface area contributed by atoms with E-state index in [0.717, 1.165) is 5.56 Å². The molecule has 4 nitrogen and oxygen atoms in total. The smallest absolute Gasteiger partial charge is 0.266 e. The molecule has 0 saturated heterocycles. The maximum Gasteiger partial charge on any atom is 0.266 e. The van der Waals surface area contributed by atoms with Crippen LogP contribution in [0.2, 0.25) is 0 Å². The van der Waals surface area contributed by atoms with E-state index < -0.39 is 5.56 Å². The summed E-state index contributed by atoms with van der Waals surface area (Å²) in [5.41, 5.74) is 2.17. The highest BCUT2D eigenvalue weighted by Crippen LogP contribution is 2.34. The first-order chi connectivity index (χ1) is 9.74. The van der Waals surface area contributed by atoms with Crippen molar-refractivity contribution in [3.63, 3.8) is 0 Å². The molecule has 0 fully saturated rings. The lowest BCUT2D eigenvalue weighted by Gasteiger charge is -2.21. The van der Waals surface area contributed by atoms with Gasteiger partial charge in [-0.1, -0.05) is 32.9 Å². The zero-order valence-corrected chi connectivity index (χ0v) is 12.6. The van der Waals surface area contributed by atoms with Crippen LogP contribution in [-0.4, -0.2) is 10.1 Å². The number of aromatic amines is 1. The van der Waals surface area contributed by atoms with Crippen LogP contribution in [-0.2, 0) is 5.41 Å². The third kappa shape index (κ3) is 2.82. The van der Waals surface area contributed by atoms with E-state index in [1.54, 1.807) is 19.1 Å². The number of pyridine rings is 1. The topological polar surface area (TPSA) is 76.9 Å². The molecule has 0 spiro atoms.